The number of benzene rings is 1. The van der Waals surface area contributed by atoms with Gasteiger partial charge < -0.3 is 9.47 Å². The molecule has 0 bridgehead atoms. The summed E-state index contributed by atoms with van der Waals surface area (Å²) < 4.78 is 4.66. The van der Waals surface area contributed by atoms with Crippen molar-refractivity contribution in [3.63, 3.8) is 0 Å². The van der Waals surface area contributed by atoms with Crippen LogP contribution >= 0.6 is 0 Å². The van der Waals surface area contributed by atoms with E-state index in [0.29, 0.717) is 6.54 Å². The second-order valence-corrected chi connectivity index (χ2v) is 8.21. The molecule has 1 aromatic carbocycles. The second-order valence-electron chi connectivity index (χ2n) is 8.21. The molecule has 1 aliphatic heterocycles. The Labute approximate surface area is 167 Å². The van der Waals surface area contributed by atoms with E-state index in [2.05, 4.69) is 29.7 Å². The number of rotatable bonds is 1. The standard InChI is InChI=1S/C22H24N4O3/c1-13-7-8-16-15(11-13)14-5-4-6-17-20(14)25(16)9-10-26(17)21(28)18-12-19(27)24(3)22(29)23(18)2/h7-8,11-12,17H,4-6,9-10H2,1-3H3/t17-/m0/s1. The minimum Gasteiger partial charge on any atom is -0.341 e. The van der Waals surface area contributed by atoms with Crippen molar-refractivity contribution in [3.8, 4) is 0 Å². The number of hydrogen-bond donors (Lipinski definition) is 0. The van der Waals surface area contributed by atoms with Crippen LogP contribution in [-0.4, -0.2) is 31.1 Å². The molecule has 7 nitrogen and oxygen atoms in total. The minimum atomic E-state index is -0.480. The Morgan fingerprint density at radius 3 is 2.66 bits per heavy atom. The number of aryl methyl sites for hydroxylation is 2. The van der Waals surface area contributed by atoms with Gasteiger partial charge in [-0.15, -0.1) is 0 Å². The number of aromatic nitrogens is 3. The van der Waals surface area contributed by atoms with Crippen LogP contribution in [0.4, 0.5) is 0 Å². The summed E-state index contributed by atoms with van der Waals surface area (Å²) in [5.74, 6) is -0.243. The van der Waals surface area contributed by atoms with Crippen molar-refractivity contribution in [2.75, 3.05) is 6.54 Å². The van der Waals surface area contributed by atoms with E-state index < -0.39 is 11.2 Å². The lowest BCUT2D eigenvalue weighted by molar-refractivity contribution is 0.0589. The predicted molar refractivity (Wildman–Crippen MR) is 110 cm³/mol. The lowest BCUT2D eigenvalue weighted by atomic mass is 9.89. The molecular formula is C22H24N4O3. The Hall–Kier alpha value is -3.09. The van der Waals surface area contributed by atoms with Crippen LogP contribution < -0.4 is 11.2 Å². The van der Waals surface area contributed by atoms with Gasteiger partial charge in [0.05, 0.1) is 6.04 Å². The molecular weight excluding hydrogens is 368 g/mol. The van der Waals surface area contributed by atoms with Gasteiger partial charge in [-0.05, 0) is 43.9 Å². The van der Waals surface area contributed by atoms with E-state index in [0.717, 1.165) is 30.4 Å². The van der Waals surface area contributed by atoms with E-state index in [1.807, 2.05) is 4.90 Å². The van der Waals surface area contributed by atoms with E-state index in [-0.39, 0.29) is 17.6 Å². The first-order valence-corrected chi connectivity index (χ1v) is 10.1. The zero-order valence-corrected chi connectivity index (χ0v) is 16.9. The Bertz CT molecular complexity index is 1290. The van der Waals surface area contributed by atoms with E-state index in [1.54, 1.807) is 7.05 Å². The molecule has 0 fully saturated rings. The molecule has 3 heterocycles. The first-order valence-electron chi connectivity index (χ1n) is 10.1. The fourth-order valence-corrected chi connectivity index (χ4v) is 5.05. The molecule has 1 amide bonds. The van der Waals surface area contributed by atoms with E-state index in [1.165, 1.54) is 45.4 Å². The fraction of sp³-hybridized carbons (Fsp3) is 0.409. The quantitative estimate of drug-likeness (QED) is 0.635. The molecule has 0 radical (unpaired) electrons. The molecule has 1 atom stereocenters. The van der Waals surface area contributed by atoms with Gasteiger partial charge in [0, 0.05) is 49.8 Å². The van der Waals surface area contributed by atoms with Crippen LogP contribution in [0.1, 0.15) is 46.2 Å². The Morgan fingerprint density at radius 1 is 1.07 bits per heavy atom. The van der Waals surface area contributed by atoms with Gasteiger partial charge in [0.15, 0.2) is 0 Å². The molecule has 7 heteroatoms. The minimum absolute atomic E-state index is 0.0214. The maximum Gasteiger partial charge on any atom is 0.331 e. The Kier molecular flexibility index (Phi) is 3.84. The number of fused-ring (bicyclic) bond motifs is 3. The van der Waals surface area contributed by atoms with Crippen molar-refractivity contribution in [1.82, 2.24) is 18.6 Å². The van der Waals surface area contributed by atoms with Crippen LogP contribution in [-0.2, 0) is 27.1 Å². The molecule has 0 spiro atoms. The molecule has 0 saturated carbocycles. The highest BCUT2D eigenvalue weighted by atomic mass is 16.2. The van der Waals surface area contributed by atoms with Gasteiger partial charge in [-0.3, -0.25) is 18.7 Å². The summed E-state index contributed by atoms with van der Waals surface area (Å²) in [6, 6.07) is 7.82. The molecule has 2 aromatic heterocycles. The van der Waals surface area contributed by atoms with Crippen LogP contribution in [0.5, 0.6) is 0 Å². The normalized spacial score (nSPS) is 18.2. The average Bonchev–Trinajstić information content (AvgIpc) is 3.04. The van der Waals surface area contributed by atoms with E-state index in [4.69, 9.17) is 0 Å². The van der Waals surface area contributed by atoms with Gasteiger partial charge >= 0.3 is 5.69 Å². The van der Waals surface area contributed by atoms with E-state index in [9.17, 15) is 14.4 Å². The van der Waals surface area contributed by atoms with Crippen LogP contribution in [0.3, 0.4) is 0 Å². The van der Waals surface area contributed by atoms with Crippen molar-refractivity contribution in [1.29, 1.82) is 0 Å². The van der Waals surface area contributed by atoms with Gasteiger partial charge in [-0.2, -0.15) is 0 Å². The van der Waals surface area contributed by atoms with Gasteiger partial charge in [0.1, 0.15) is 5.69 Å². The SMILES string of the molecule is Cc1ccc2c(c1)c1c3n2CCN(C(=O)c2cc(=O)n(C)c(=O)n2C)[C@H]3CCC1. The molecule has 1 aliphatic carbocycles. The van der Waals surface area contributed by atoms with Gasteiger partial charge in [-0.1, -0.05) is 11.6 Å². The summed E-state index contributed by atoms with van der Waals surface area (Å²) in [4.78, 5) is 39.7. The summed E-state index contributed by atoms with van der Waals surface area (Å²) in [6.07, 6.45) is 2.93. The van der Waals surface area contributed by atoms with Crippen LogP contribution in [0, 0.1) is 6.92 Å². The Balaban J connectivity index is 1.64. The summed E-state index contributed by atoms with van der Waals surface area (Å²) >= 11 is 0. The van der Waals surface area contributed by atoms with Crippen LogP contribution in [0.2, 0.25) is 0 Å². The highest BCUT2D eigenvalue weighted by Crippen LogP contribution is 2.43. The van der Waals surface area contributed by atoms with Gasteiger partial charge in [-0.25, -0.2) is 4.79 Å². The lowest BCUT2D eigenvalue weighted by Crippen LogP contribution is -2.47. The zero-order valence-electron chi connectivity index (χ0n) is 16.9. The molecule has 2 aliphatic rings. The summed E-state index contributed by atoms with van der Waals surface area (Å²) in [5.41, 5.74) is 4.27. The Morgan fingerprint density at radius 2 is 1.86 bits per heavy atom. The van der Waals surface area contributed by atoms with Crippen LogP contribution in [0.25, 0.3) is 10.9 Å². The first-order chi connectivity index (χ1) is 13.9. The maximum atomic E-state index is 13.4. The van der Waals surface area contributed by atoms with Gasteiger partial charge in [0.25, 0.3) is 11.5 Å². The monoisotopic (exact) mass is 392 g/mol. The van der Waals surface area contributed by atoms with Crippen molar-refractivity contribution >= 4 is 16.8 Å². The summed E-state index contributed by atoms with van der Waals surface area (Å²) in [6.45, 7) is 3.39. The first kappa shape index (κ1) is 18.0. The van der Waals surface area contributed by atoms with Gasteiger partial charge in [0.2, 0.25) is 0 Å². The van der Waals surface area contributed by atoms with Crippen molar-refractivity contribution in [2.45, 2.75) is 38.8 Å². The largest absolute Gasteiger partial charge is 0.341 e. The van der Waals surface area contributed by atoms with Crippen molar-refractivity contribution < 1.29 is 4.79 Å². The lowest BCUT2D eigenvalue weighted by Gasteiger charge is -2.40. The highest BCUT2D eigenvalue weighted by Gasteiger charge is 2.38. The highest BCUT2D eigenvalue weighted by molar-refractivity contribution is 5.93. The molecule has 0 saturated heterocycles. The molecule has 0 unspecified atom stereocenters. The topological polar surface area (TPSA) is 69.2 Å². The summed E-state index contributed by atoms with van der Waals surface area (Å²) in [7, 11) is 2.97. The third-order valence-electron chi connectivity index (χ3n) is 6.53. The second kappa shape index (κ2) is 6.20. The number of carbonyl (C=O) groups is 1. The molecule has 3 aromatic rings. The maximum absolute atomic E-state index is 13.4. The number of amides is 1. The summed E-state index contributed by atoms with van der Waals surface area (Å²) in [5, 5.41) is 1.29. The smallest absolute Gasteiger partial charge is 0.331 e. The zero-order chi connectivity index (χ0) is 20.4. The number of hydrogen-bond acceptors (Lipinski definition) is 3. The number of carbonyl (C=O) groups excluding carboxylic acids is 1. The molecule has 29 heavy (non-hydrogen) atoms. The predicted octanol–water partition coefficient (Wildman–Crippen LogP) is 1.88. The fourth-order valence-electron chi connectivity index (χ4n) is 5.05. The third kappa shape index (κ3) is 2.46. The van der Waals surface area contributed by atoms with Crippen molar-refractivity contribution in [2.24, 2.45) is 14.1 Å². The van der Waals surface area contributed by atoms with Crippen LogP contribution in [0.15, 0.2) is 33.9 Å². The third-order valence-corrected chi connectivity index (χ3v) is 6.53. The molecule has 5 rings (SSSR count). The van der Waals surface area contributed by atoms with E-state index >= 15 is 0 Å². The molecule has 150 valence electrons. The van der Waals surface area contributed by atoms with Crippen molar-refractivity contribution in [3.05, 3.63) is 67.6 Å². The average molecular weight is 392 g/mol. The number of nitrogens with zero attached hydrogens (tertiary/aromatic N) is 4. The molecule has 0 N–H and O–H groups in total.